The molecule has 142 valence electrons. The number of carbonyl (C=O) groups is 1. The van der Waals surface area contributed by atoms with Crippen molar-refractivity contribution < 1.29 is 14.4 Å². The van der Waals surface area contributed by atoms with Crippen LogP contribution in [0, 0.1) is 11.3 Å². The Kier molecular flexibility index (Phi) is 6.84. The third-order valence-corrected chi connectivity index (χ3v) is 4.46. The van der Waals surface area contributed by atoms with Crippen LogP contribution in [-0.4, -0.2) is 34.7 Å². The SMILES string of the molecule is CN(Cc1cc(-c2cccc(Cl)c2)no1)CC(CCC(C)(C)C)C(=O)O. The lowest BCUT2D eigenvalue weighted by atomic mass is 9.86. The zero-order chi connectivity index (χ0) is 19.3. The van der Waals surface area contributed by atoms with Crippen molar-refractivity contribution in [3.63, 3.8) is 0 Å². The van der Waals surface area contributed by atoms with E-state index in [2.05, 4.69) is 25.9 Å². The highest BCUT2D eigenvalue weighted by Gasteiger charge is 2.23. The minimum Gasteiger partial charge on any atom is -0.481 e. The molecule has 2 rings (SSSR count). The third kappa shape index (κ3) is 6.46. The maximum atomic E-state index is 11.6. The summed E-state index contributed by atoms with van der Waals surface area (Å²) in [6, 6.07) is 9.30. The van der Waals surface area contributed by atoms with Crippen molar-refractivity contribution in [1.82, 2.24) is 10.1 Å². The normalized spacial score (nSPS) is 13.2. The molecule has 26 heavy (non-hydrogen) atoms. The molecule has 0 bridgehead atoms. The van der Waals surface area contributed by atoms with E-state index in [0.717, 1.165) is 17.7 Å². The first-order valence-corrected chi connectivity index (χ1v) is 9.15. The number of hydrogen-bond donors (Lipinski definition) is 1. The van der Waals surface area contributed by atoms with Gasteiger partial charge in [-0.15, -0.1) is 0 Å². The van der Waals surface area contributed by atoms with Gasteiger partial charge in [0.1, 0.15) is 5.69 Å². The van der Waals surface area contributed by atoms with Gasteiger partial charge in [0.05, 0.1) is 12.5 Å². The minimum atomic E-state index is -0.752. The molecular formula is C20H27ClN2O3. The predicted molar refractivity (Wildman–Crippen MR) is 103 cm³/mol. The number of aromatic nitrogens is 1. The second-order valence-electron chi connectivity index (χ2n) is 8.02. The van der Waals surface area contributed by atoms with Crippen LogP contribution < -0.4 is 0 Å². The Morgan fingerprint density at radius 1 is 1.35 bits per heavy atom. The molecule has 0 amide bonds. The molecule has 0 aliphatic carbocycles. The van der Waals surface area contributed by atoms with E-state index in [9.17, 15) is 9.90 Å². The Balaban J connectivity index is 1.96. The van der Waals surface area contributed by atoms with Crippen LogP contribution in [-0.2, 0) is 11.3 Å². The fourth-order valence-electron chi connectivity index (χ4n) is 2.78. The number of benzene rings is 1. The van der Waals surface area contributed by atoms with E-state index in [0.29, 0.717) is 30.3 Å². The van der Waals surface area contributed by atoms with Crippen molar-refractivity contribution in [3.05, 3.63) is 41.1 Å². The maximum Gasteiger partial charge on any atom is 0.307 e. The number of aliphatic carboxylic acids is 1. The number of hydrogen-bond acceptors (Lipinski definition) is 4. The second kappa shape index (κ2) is 8.69. The van der Waals surface area contributed by atoms with Gasteiger partial charge in [0.2, 0.25) is 0 Å². The van der Waals surface area contributed by atoms with E-state index >= 15 is 0 Å². The van der Waals surface area contributed by atoms with Gasteiger partial charge in [0, 0.05) is 23.2 Å². The van der Waals surface area contributed by atoms with Crippen molar-refractivity contribution in [2.45, 2.75) is 40.2 Å². The summed E-state index contributed by atoms with van der Waals surface area (Å²) in [6.07, 6.45) is 1.53. The molecule has 0 saturated heterocycles. The summed E-state index contributed by atoms with van der Waals surface area (Å²) in [6.45, 7) is 7.36. The van der Waals surface area contributed by atoms with Gasteiger partial charge in [-0.3, -0.25) is 9.69 Å². The van der Waals surface area contributed by atoms with Crippen LogP contribution in [0.25, 0.3) is 11.3 Å². The largest absolute Gasteiger partial charge is 0.481 e. The molecule has 0 fully saturated rings. The zero-order valence-corrected chi connectivity index (χ0v) is 16.6. The van der Waals surface area contributed by atoms with E-state index in [1.54, 1.807) is 0 Å². The van der Waals surface area contributed by atoms with E-state index < -0.39 is 11.9 Å². The van der Waals surface area contributed by atoms with Crippen LogP contribution in [0.3, 0.4) is 0 Å². The molecule has 1 aromatic heterocycles. The third-order valence-electron chi connectivity index (χ3n) is 4.23. The average molecular weight is 379 g/mol. The number of rotatable bonds is 8. The predicted octanol–water partition coefficient (Wildman–Crippen LogP) is 4.95. The summed E-state index contributed by atoms with van der Waals surface area (Å²) in [7, 11) is 1.90. The van der Waals surface area contributed by atoms with Gasteiger partial charge in [-0.25, -0.2) is 0 Å². The van der Waals surface area contributed by atoms with E-state index in [1.807, 2.05) is 42.3 Å². The molecule has 1 atom stereocenters. The van der Waals surface area contributed by atoms with Gasteiger partial charge in [0.25, 0.3) is 0 Å². The van der Waals surface area contributed by atoms with Crippen molar-refractivity contribution in [1.29, 1.82) is 0 Å². The van der Waals surface area contributed by atoms with Gasteiger partial charge in [-0.1, -0.05) is 49.7 Å². The molecule has 0 aliphatic rings. The summed E-state index contributed by atoms with van der Waals surface area (Å²) >= 11 is 6.01. The maximum absolute atomic E-state index is 11.6. The zero-order valence-electron chi connectivity index (χ0n) is 15.8. The smallest absolute Gasteiger partial charge is 0.307 e. The van der Waals surface area contributed by atoms with Crippen LogP contribution in [0.5, 0.6) is 0 Å². The summed E-state index contributed by atoms with van der Waals surface area (Å²) in [4.78, 5) is 13.5. The topological polar surface area (TPSA) is 66.6 Å². The first-order chi connectivity index (χ1) is 12.1. The summed E-state index contributed by atoms with van der Waals surface area (Å²) < 4.78 is 5.40. The van der Waals surface area contributed by atoms with Gasteiger partial charge in [-0.05, 0) is 37.4 Å². The molecule has 0 radical (unpaired) electrons. The van der Waals surface area contributed by atoms with Gasteiger partial charge in [0.15, 0.2) is 5.76 Å². The fraction of sp³-hybridized carbons (Fsp3) is 0.500. The van der Waals surface area contributed by atoms with Crippen LogP contribution >= 0.6 is 11.6 Å². The van der Waals surface area contributed by atoms with E-state index in [-0.39, 0.29) is 5.41 Å². The number of carboxylic acids is 1. The lowest BCUT2D eigenvalue weighted by Crippen LogP contribution is -2.30. The standard InChI is InChI=1S/C20H27ClN2O3/c1-20(2,3)9-8-15(19(24)25)12-23(4)13-17-11-18(22-26-17)14-6-5-7-16(21)10-14/h5-7,10-11,15H,8-9,12-13H2,1-4H3,(H,24,25). The van der Waals surface area contributed by atoms with Crippen LogP contribution in [0.15, 0.2) is 34.9 Å². The average Bonchev–Trinajstić information content (AvgIpc) is 2.98. The number of carboxylic acid groups (broad SMARTS) is 1. The molecule has 1 heterocycles. The molecule has 2 aromatic rings. The molecule has 0 spiro atoms. The van der Waals surface area contributed by atoms with Crippen molar-refractivity contribution in [2.24, 2.45) is 11.3 Å². The highest BCUT2D eigenvalue weighted by Crippen LogP contribution is 2.25. The highest BCUT2D eigenvalue weighted by molar-refractivity contribution is 6.30. The molecular weight excluding hydrogens is 352 g/mol. The van der Waals surface area contributed by atoms with E-state index in [4.69, 9.17) is 16.1 Å². The quantitative estimate of drug-likeness (QED) is 0.703. The molecule has 1 N–H and O–H groups in total. The van der Waals surface area contributed by atoms with Crippen molar-refractivity contribution in [2.75, 3.05) is 13.6 Å². The summed E-state index contributed by atoms with van der Waals surface area (Å²) in [5, 5.41) is 14.2. The molecule has 1 aromatic carbocycles. The molecule has 0 aliphatic heterocycles. The van der Waals surface area contributed by atoms with Gasteiger partial charge < -0.3 is 9.63 Å². The Morgan fingerprint density at radius 3 is 2.69 bits per heavy atom. The Labute approximate surface area is 159 Å². The summed E-state index contributed by atoms with van der Waals surface area (Å²) in [5.74, 6) is -0.449. The lowest BCUT2D eigenvalue weighted by Gasteiger charge is -2.24. The van der Waals surface area contributed by atoms with Crippen molar-refractivity contribution >= 4 is 17.6 Å². The summed E-state index contributed by atoms with van der Waals surface area (Å²) in [5.41, 5.74) is 1.74. The van der Waals surface area contributed by atoms with Gasteiger partial charge >= 0.3 is 5.97 Å². The molecule has 0 saturated carbocycles. The first-order valence-electron chi connectivity index (χ1n) is 8.77. The van der Waals surface area contributed by atoms with Crippen molar-refractivity contribution in [3.8, 4) is 11.3 Å². The molecule has 5 nitrogen and oxygen atoms in total. The first kappa shape index (κ1) is 20.5. The molecule has 6 heteroatoms. The number of nitrogens with zero attached hydrogens (tertiary/aromatic N) is 2. The van der Waals surface area contributed by atoms with Crippen LogP contribution in [0.2, 0.25) is 5.02 Å². The number of halogens is 1. The highest BCUT2D eigenvalue weighted by atomic mass is 35.5. The van der Waals surface area contributed by atoms with E-state index in [1.165, 1.54) is 0 Å². The minimum absolute atomic E-state index is 0.128. The van der Waals surface area contributed by atoms with Crippen LogP contribution in [0.1, 0.15) is 39.4 Å². The second-order valence-corrected chi connectivity index (χ2v) is 8.46. The Bertz CT molecular complexity index is 737. The Hall–Kier alpha value is -1.85. The van der Waals surface area contributed by atoms with Gasteiger partial charge in [-0.2, -0.15) is 0 Å². The lowest BCUT2D eigenvalue weighted by molar-refractivity contribution is -0.142. The fourth-order valence-corrected chi connectivity index (χ4v) is 2.97. The van der Waals surface area contributed by atoms with Crippen LogP contribution in [0.4, 0.5) is 0 Å². The monoisotopic (exact) mass is 378 g/mol. The Morgan fingerprint density at radius 2 is 2.08 bits per heavy atom. The molecule has 1 unspecified atom stereocenters.